The number of hydrogen-bond donors (Lipinski definition) is 0. The van der Waals surface area contributed by atoms with E-state index >= 15 is 0 Å². The predicted molar refractivity (Wildman–Crippen MR) is 57.4 cm³/mol. The van der Waals surface area contributed by atoms with E-state index in [0.717, 1.165) is 0 Å². The fourth-order valence-electron chi connectivity index (χ4n) is 1.47. The number of rotatable bonds is 3. The second kappa shape index (κ2) is 4.14. The Kier molecular flexibility index (Phi) is 2.68. The van der Waals surface area contributed by atoms with Crippen LogP contribution < -0.4 is 4.74 Å². The summed E-state index contributed by atoms with van der Waals surface area (Å²) < 4.78 is 6.59. The molecule has 0 N–H and O–H groups in total. The zero-order valence-electron chi connectivity index (χ0n) is 9.04. The number of nitrogens with zero attached hydrogens (tertiary/aromatic N) is 3. The van der Waals surface area contributed by atoms with Gasteiger partial charge in [-0.2, -0.15) is 5.10 Å². The molecule has 0 amide bonds. The van der Waals surface area contributed by atoms with Crippen molar-refractivity contribution in [3.8, 4) is 5.75 Å². The summed E-state index contributed by atoms with van der Waals surface area (Å²) in [6.07, 6.45) is 4.68. The highest BCUT2D eigenvalue weighted by Crippen LogP contribution is 2.19. The SMILES string of the molecule is COc1cnn(C)c1C(=O)c1ccncc1. The third-order valence-corrected chi connectivity index (χ3v) is 2.28. The molecule has 16 heavy (non-hydrogen) atoms. The van der Waals surface area contributed by atoms with E-state index < -0.39 is 0 Å². The van der Waals surface area contributed by atoms with Gasteiger partial charge in [0.05, 0.1) is 13.3 Å². The molecule has 0 aliphatic rings. The van der Waals surface area contributed by atoms with Crippen molar-refractivity contribution < 1.29 is 9.53 Å². The lowest BCUT2D eigenvalue weighted by atomic mass is 10.1. The van der Waals surface area contributed by atoms with Crippen molar-refractivity contribution in [3.63, 3.8) is 0 Å². The van der Waals surface area contributed by atoms with Gasteiger partial charge in [-0.25, -0.2) is 0 Å². The van der Waals surface area contributed by atoms with Crippen LogP contribution in [0.4, 0.5) is 0 Å². The number of pyridine rings is 1. The molecule has 0 fully saturated rings. The Bertz CT molecular complexity index is 505. The molecule has 2 aromatic rings. The maximum absolute atomic E-state index is 12.1. The quantitative estimate of drug-likeness (QED) is 0.721. The third kappa shape index (κ3) is 1.67. The summed E-state index contributed by atoms with van der Waals surface area (Å²) in [5, 5.41) is 3.99. The van der Waals surface area contributed by atoms with Gasteiger partial charge < -0.3 is 4.74 Å². The number of carbonyl (C=O) groups excluding carboxylic acids is 1. The van der Waals surface area contributed by atoms with Crippen LogP contribution in [0.5, 0.6) is 5.75 Å². The first-order valence-electron chi connectivity index (χ1n) is 4.74. The number of aryl methyl sites for hydroxylation is 1. The lowest BCUT2D eigenvalue weighted by Crippen LogP contribution is -2.09. The van der Waals surface area contributed by atoms with Crippen molar-refractivity contribution in [1.82, 2.24) is 14.8 Å². The van der Waals surface area contributed by atoms with Gasteiger partial charge in [-0.1, -0.05) is 0 Å². The van der Waals surface area contributed by atoms with Crippen LogP contribution >= 0.6 is 0 Å². The Hall–Kier alpha value is -2.17. The first kappa shape index (κ1) is 10.4. The summed E-state index contributed by atoms with van der Waals surface area (Å²) >= 11 is 0. The molecule has 5 nitrogen and oxygen atoms in total. The molecule has 0 saturated carbocycles. The van der Waals surface area contributed by atoms with E-state index in [1.54, 1.807) is 31.6 Å². The second-order valence-corrected chi connectivity index (χ2v) is 3.25. The van der Waals surface area contributed by atoms with Crippen LogP contribution in [-0.2, 0) is 7.05 Å². The van der Waals surface area contributed by atoms with E-state index in [0.29, 0.717) is 17.0 Å². The number of ketones is 1. The number of hydrogen-bond acceptors (Lipinski definition) is 4. The maximum atomic E-state index is 12.1. The minimum Gasteiger partial charge on any atom is -0.493 e. The zero-order valence-corrected chi connectivity index (χ0v) is 9.04. The van der Waals surface area contributed by atoms with Crippen LogP contribution in [0.2, 0.25) is 0 Å². The summed E-state index contributed by atoms with van der Waals surface area (Å²) in [6.45, 7) is 0. The van der Waals surface area contributed by atoms with Crippen molar-refractivity contribution in [2.45, 2.75) is 0 Å². The molecule has 0 aliphatic heterocycles. The van der Waals surface area contributed by atoms with Crippen LogP contribution in [0.25, 0.3) is 0 Å². The molecule has 2 rings (SSSR count). The molecular weight excluding hydrogens is 206 g/mol. The van der Waals surface area contributed by atoms with Crippen LogP contribution in [0, 0.1) is 0 Å². The van der Waals surface area contributed by atoms with E-state index in [9.17, 15) is 4.79 Å². The Morgan fingerprint density at radius 1 is 1.38 bits per heavy atom. The number of methoxy groups -OCH3 is 1. The van der Waals surface area contributed by atoms with Gasteiger partial charge >= 0.3 is 0 Å². The molecular formula is C11H11N3O2. The van der Waals surface area contributed by atoms with Gasteiger partial charge in [0, 0.05) is 25.0 Å². The standard InChI is InChI=1S/C11H11N3O2/c1-14-10(9(16-2)7-13-14)11(15)8-3-5-12-6-4-8/h3-7H,1-2H3. The van der Waals surface area contributed by atoms with Crippen molar-refractivity contribution in [3.05, 3.63) is 42.0 Å². The summed E-state index contributed by atoms with van der Waals surface area (Å²) in [7, 11) is 3.22. The molecule has 5 heteroatoms. The maximum Gasteiger partial charge on any atom is 0.214 e. The van der Waals surface area contributed by atoms with Gasteiger partial charge in [-0.15, -0.1) is 0 Å². The Morgan fingerprint density at radius 2 is 2.06 bits per heavy atom. The number of aromatic nitrogens is 3. The molecule has 2 aromatic heterocycles. The molecule has 2 heterocycles. The highest BCUT2D eigenvalue weighted by atomic mass is 16.5. The van der Waals surface area contributed by atoms with Gasteiger partial charge in [0.1, 0.15) is 0 Å². The fraction of sp³-hybridized carbons (Fsp3) is 0.182. The van der Waals surface area contributed by atoms with E-state index in [1.165, 1.54) is 18.0 Å². The fourth-order valence-corrected chi connectivity index (χ4v) is 1.47. The molecule has 0 spiro atoms. The van der Waals surface area contributed by atoms with Gasteiger partial charge in [0.2, 0.25) is 5.78 Å². The summed E-state index contributed by atoms with van der Waals surface area (Å²) in [6, 6.07) is 3.32. The molecule has 0 radical (unpaired) electrons. The predicted octanol–water partition coefficient (Wildman–Crippen LogP) is 1.05. The second-order valence-electron chi connectivity index (χ2n) is 3.25. The Morgan fingerprint density at radius 3 is 2.69 bits per heavy atom. The first-order chi connectivity index (χ1) is 7.74. The van der Waals surface area contributed by atoms with Crippen LogP contribution in [-0.4, -0.2) is 27.7 Å². The van der Waals surface area contributed by atoms with Crippen LogP contribution in [0.15, 0.2) is 30.7 Å². The van der Waals surface area contributed by atoms with Crippen LogP contribution in [0.3, 0.4) is 0 Å². The normalized spacial score (nSPS) is 10.1. The smallest absolute Gasteiger partial charge is 0.214 e. The number of ether oxygens (including phenoxy) is 1. The van der Waals surface area contributed by atoms with Gasteiger partial charge in [-0.3, -0.25) is 14.5 Å². The highest BCUT2D eigenvalue weighted by Gasteiger charge is 2.18. The zero-order chi connectivity index (χ0) is 11.5. The monoisotopic (exact) mass is 217 g/mol. The summed E-state index contributed by atoms with van der Waals surface area (Å²) in [4.78, 5) is 16.0. The topological polar surface area (TPSA) is 57.0 Å². The molecule has 0 aromatic carbocycles. The molecule has 0 bridgehead atoms. The Labute approximate surface area is 92.7 Å². The van der Waals surface area contributed by atoms with Crippen molar-refractivity contribution in [1.29, 1.82) is 0 Å². The summed E-state index contributed by atoms with van der Waals surface area (Å²) in [5.41, 5.74) is 1.01. The van der Waals surface area contributed by atoms with Gasteiger partial charge in [-0.05, 0) is 12.1 Å². The van der Waals surface area contributed by atoms with Gasteiger partial charge in [0.15, 0.2) is 11.4 Å². The molecule has 82 valence electrons. The van der Waals surface area contributed by atoms with Gasteiger partial charge in [0.25, 0.3) is 0 Å². The molecule has 0 saturated heterocycles. The molecule has 0 aliphatic carbocycles. The highest BCUT2D eigenvalue weighted by molar-refractivity contribution is 6.09. The van der Waals surface area contributed by atoms with E-state index in [1.807, 2.05) is 0 Å². The van der Waals surface area contributed by atoms with E-state index in [2.05, 4.69) is 10.1 Å². The third-order valence-electron chi connectivity index (χ3n) is 2.28. The molecule has 0 atom stereocenters. The van der Waals surface area contributed by atoms with Crippen LogP contribution in [0.1, 0.15) is 16.1 Å². The Balaban J connectivity index is 2.45. The number of carbonyl (C=O) groups is 1. The lowest BCUT2D eigenvalue weighted by Gasteiger charge is -2.03. The van der Waals surface area contributed by atoms with Crippen molar-refractivity contribution in [2.75, 3.05) is 7.11 Å². The largest absolute Gasteiger partial charge is 0.493 e. The summed E-state index contributed by atoms with van der Waals surface area (Å²) in [5.74, 6) is 0.351. The minimum absolute atomic E-state index is 0.126. The minimum atomic E-state index is -0.126. The average Bonchev–Trinajstić information content (AvgIpc) is 2.70. The first-order valence-corrected chi connectivity index (χ1v) is 4.74. The van der Waals surface area contributed by atoms with Crippen molar-refractivity contribution >= 4 is 5.78 Å². The van der Waals surface area contributed by atoms with E-state index in [-0.39, 0.29) is 5.78 Å². The van der Waals surface area contributed by atoms with E-state index in [4.69, 9.17) is 4.74 Å². The van der Waals surface area contributed by atoms with Crippen molar-refractivity contribution in [2.24, 2.45) is 7.05 Å². The average molecular weight is 217 g/mol. The molecule has 0 unspecified atom stereocenters. The lowest BCUT2D eigenvalue weighted by molar-refractivity contribution is 0.102.